The molecule has 5 N–H and O–H groups in total. The number of alkyl carbamates (subject to hydrolysis) is 1. The largest absolute Gasteiger partial charge is 0.480 e. The topological polar surface area (TPSA) is 200 Å². The Hall–Kier alpha value is -4.75. The van der Waals surface area contributed by atoms with Gasteiger partial charge < -0.3 is 36.0 Å². The summed E-state index contributed by atoms with van der Waals surface area (Å²) in [4.78, 5) is 89.9. The standard InChI is InChI=1S/C32H45N5O9/c1-5-11-22(27(39)29(41)33-17-6-2)34-28(40)24-14-10-18-37(24)30(42)26(20(3)4)36-25(38)16-15-23(31(43)44)35-32(45)46-19-21-12-8-7-9-13-21/h6-9,12-13,20,22-24,26H,2,5,10-11,14-19H2,1,3-4H3,(H,33,41)(H,34,40)(H,35,45)(H,36,38)(H,43,44). The minimum atomic E-state index is -1.41. The van der Waals surface area contributed by atoms with Crippen molar-refractivity contribution >= 4 is 41.5 Å². The van der Waals surface area contributed by atoms with E-state index in [0.29, 0.717) is 24.8 Å². The van der Waals surface area contributed by atoms with Gasteiger partial charge in [0.25, 0.3) is 5.91 Å². The van der Waals surface area contributed by atoms with Gasteiger partial charge in [0, 0.05) is 19.5 Å². The second kappa shape index (κ2) is 18.9. The van der Waals surface area contributed by atoms with E-state index in [1.807, 2.05) is 6.92 Å². The van der Waals surface area contributed by atoms with Gasteiger partial charge in [0.2, 0.25) is 23.5 Å². The predicted molar refractivity (Wildman–Crippen MR) is 167 cm³/mol. The van der Waals surface area contributed by atoms with Gasteiger partial charge in [-0.3, -0.25) is 24.0 Å². The summed E-state index contributed by atoms with van der Waals surface area (Å²) in [5.74, 6) is -5.06. The number of amides is 5. The molecule has 1 fully saturated rings. The summed E-state index contributed by atoms with van der Waals surface area (Å²) < 4.78 is 5.07. The zero-order valence-electron chi connectivity index (χ0n) is 26.6. The van der Waals surface area contributed by atoms with E-state index in [2.05, 4.69) is 27.8 Å². The summed E-state index contributed by atoms with van der Waals surface area (Å²) in [5, 5.41) is 19.5. The molecule has 2 rings (SSSR count). The summed E-state index contributed by atoms with van der Waals surface area (Å²) in [6.07, 6.45) is 1.50. The monoisotopic (exact) mass is 643 g/mol. The summed E-state index contributed by atoms with van der Waals surface area (Å²) in [5.41, 5.74) is 0.715. The van der Waals surface area contributed by atoms with Gasteiger partial charge >= 0.3 is 12.1 Å². The minimum absolute atomic E-state index is 0.0617. The number of carbonyl (C=O) groups is 7. The molecule has 1 aromatic rings. The third-order valence-corrected chi connectivity index (χ3v) is 7.39. The van der Waals surface area contributed by atoms with Crippen molar-refractivity contribution in [1.82, 2.24) is 26.2 Å². The molecule has 5 amide bonds. The van der Waals surface area contributed by atoms with E-state index in [4.69, 9.17) is 4.74 Å². The molecule has 4 unspecified atom stereocenters. The molecule has 0 saturated carbocycles. The first-order chi connectivity index (χ1) is 21.9. The van der Waals surface area contributed by atoms with E-state index < -0.39 is 65.6 Å². The van der Waals surface area contributed by atoms with Gasteiger partial charge in [0.1, 0.15) is 24.7 Å². The molecule has 1 saturated heterocycles. The number of hydrogen-bond acceptors (Lipinski definition) is 8. The van der Waals surface area contributed by atoms with Crippen molar-refractivity contribution < 1.29 is 43.4 Å². The van der Waals surface area contributed by atoms with Gasteiger partial charge in [-0.05, 0) is 37.2 Å². The molecule has 0 aliphatic carbocycles. The highest BCUT2D eigenvalue weighted by Crippen LogP contribution is 2.21. The highest BCUT2D eigenvalue weighted by Gasteiger charge is 2.40. The first kappa shape index (κ1) is 37.4. The van der Waals surface area contributed by atoms with Crippen molar-refractivity contribution in [3.8, 4) is 0 Å². The maximum absolute atomic E-state index is 13.6. The van der Waals surface area contributed by atoms with Gasteiger partial charge in [-0.1, -0.05) is 63.6 Å². The van der Waals surface area contributed by atoms with Crippen LogP contribution in [-0.4, -0.2) is 88.7 Å². The number of hydrogen-bond donors (Lipinski definition) is 5. The lowest BCUT2D eigenvalue weighted by molar-refractivity contribution is -0.144. The number of benzene rings is 1. The molecule has 1 heterocycles. The van der Waals surface area contributed by atoms with Crippen LogP contribution in [0.1, 0.15) is 64.9 Å². The van der Waals surface area contributed by atoms with Crippen molar-refractivity contribution in [2.45, 2.75) is 90.1 Å². The number of aliphatic carboxylic acids is 1. The normalized spacial score (nSPS) is 16.0. The van der Waals surface area contributed by atoms with Crippen molar-refractivity contribution in [3.05, 3.63) is 48.6 Å². The summed E-state index contributed by atoms with van der Waals surface area (Å²) >= 11 is 0. The first-order valence-electron chi connectivity index (χ1n) is 15.4. The summed E-state index contributed by atoms with van der Waals surface area (Å²) in [6, 6.07) is 4.42. The molecule has 14 nitrogen and oxygen atoms in total. The van der Waals surface area contributed by atoms with Gasteiger partial charge in [0.05, 0.1) is 6.04 Å². The molecule has 252 valence electrons. The Bertz CT molecular complexity index is 1250. The van der Waals surface area contributed by atoms with Gasteiger partial charge in [-0.15, -0.1) is 6.58 Å². The van der Waals surface area contributed by atoms with Crippen LogP contribution in [0.15, 0.2) is 43.0 Å². The van der Waals surface area contributed by atoms with Crippen LogP contribution >= 0.6 is 0 Å². The van der Waals surface area contributed by atoms with Gasteiger partial charge in [-0.25, -0.2) is 9.59 Å². The number of nitrogens with zero attached hydrogens (tertiary/aromatic N) is 1. The van der Waals surface area contributed by atoms with E-state index in [9.17, 15) is 38.7 Å². The third kappa shape index (κ3) is 11.6. The van der Waals surface area contributed by atoms with Crippen molar-refractivity contribution in [1.29, 1.82) is 0 Å². The molecular weight excluding hydrogens is 598 g/mol. The number of ketones is 1. The van der Waals surface area contributed by atoms with E-state index in [1.165, 1.54) is 11.0 Å². The maximum atomic E-state index is 13.6. The number of Topliss-reactive ketones (excluding diaryl/α,β-unsaturated/α-hetero) is 1. The van der Waals surface area contributed by atoms with Crippen LogP contribution in [0, 0.1) is 5.92 Å². The van der Waals surface area contributed by atoms with E-state index >= 15 is 0 Å². The van der Waals surface area contributed by atoms with Crippen LogP contribution in [0.3, 0.4) is 0 Å². The van der Waals surface area contributed by atoms with Crippen LogP contribution < -0.4 is 21.3 Å². The van der Waals surface area contributed by atoms with E-state index in [0.717, 1.165) is 0 Å². The lowest BCUT2D eigenvalue weighted by Gasteiger charge is -2.31. The molecule has 46 heavy (non-hydrogen) atoms. The Balaban J connectivity index is 1.99. The second-order valence-corrected chi connectivity index (χ2v) is 11.3. The minimum Gasteiger partial charge on any atom is -0.480 e. The SMILES string of the molecule is C=CCNC(=O)C(=O)C(CCC)NC(=O)C1CCCN1C(=O)C(NC(=O)CCC(NC(=O)OCc1ccccc1)C(=O)O)C(C)C. The lowest BCUT2D eigenvalue weighted by Crippen LogP contribution is -2.57. The average Bonchev–Trinajstić information content (AvgIpc) is 3.53. The highest BCUT2D eigenvalue weighted by molar-refractivity contribution is 6.38. The lowest BCUT2D eigenvalue weighted by atomic mass is 10.0. The molecule has 1 aliphatic heterocycles. The average molecular weight is 644 g/mol. The van der Waals surface area contributed by atoms with Crippen molar-refractivity contribution in [3.63, 3.8) is 0 Å². The Kier molecular flexibility index (Phi) is 15.4. The molecule has 1 aliphatic rings. The molecule has 4 atom stereocenters. The van der Waals surface area contributed by atoms with E-state index in [1.54, 1.807) is 44.2 Å². The van der Waals surface area contributed by atoms with Crippen molar-refractivity contribution in [2.75, 3.05) is 13.1 Å². The van der Waals surface area contributed by atoms with Crippen LogP contribution in [0.4, 0.5) is 4.79 Å². The summed E-state index contributed by atoms with van der Waals surface area (Å²) in [6.45, 7) is 9.02. The number of carboxylic acid groups (broad SMARTS) is 1. The molecule has 1 aromatic carbocycles. The first-order valence-corrected chi connectivity index (χ1v) is 15.4. The fourth-order valence-electron chi connectivity index (χ4n) is 4.92. The number of likely N-dealkylation sites (tertiary alicyclic amines) is 1. The third-order valence-electron chi connectivity index (χ3n) is 7.39. The molecular formula is C32H45N5O9. The van der Waals surface area contributed by atoms with Crippen LogP contribution in [-0.2, 0) is 40.1 Å². The highest BCUT2D eigenvalue weighted by atomic mass is 16.5. The van der Waals surface area contributed by atoms with E-state index in [-0.39, 0.29) is 44.9 Å². The molecule has 0 aromatic heterocycles. The maximum Gasteiger partial charge on any atom is 0.408 e. The molecule has 0 radical (unpaired) electrons. The Morgan fingerprint density at radius 3 is 2.33 bits per heavy atom. The van der Waals surface area contributed by atoms with Crippen LogP contribution in [0.2, 0.25) is 0 Å². The fourth-order valence-corrected chi connectivity index (χ4v) is 4.92. The fraction of sp³-hybridized carbons (Fsp3) is 0.531. The Labute approximate surface area is 268 Å². The number of ether oxygens (including phenoxy) is 1. The summed E-state index contributed by atoms with van der Waals surface area (Å²) in [7, 11) is 0. The zero-order valence-corrected chi connectivity index (χ0v) is 26.6. The molecule has 0 bridgehead atoms. The smallest absolute Gasteiger partial charge is 0.408 e. The number of carbonyl (C=O) groups excluding carboxylic acids is 6. The number of nitrogens with one attached hydrogen (secondary N) is 4. The van der Waals surface area contributed by atoms with Crippen LogP contribution in [0.5, 0.6) is 0 Å². The second-order valence-electron chi connectivity index (χ2n) is 11.3. The zero-order chi connectivity index (χ0) is 34.2. The number of rotatable bonds is 18. The van der Waals surface area contributed by atoms with Crippen molar-refractivity contribution in [2.24, 2.45) is 5.92 Å². The number of carboxylic acids is 1. The quantitative estimate of drug-likeness (QED) is 0.116. The Morgan fingerprint density at radius 2 is 1.72 bits per heavy atom. The molecule has 0 spiro atoms. The van der Waals surface area contributed by atoms with Crippen LogP contribution in [0.25, 0.3) is 0 Å². The van der Waals surface area contributed by atoms with Gasteiger partial charge in [0.15, 0.2) is 0 Å². The molecule has 14 heteroatoms. The van der Waals surface area contributed by atoms with Gasteiger partial charge in [-0.2, -0.15) is 0 Å². The Morgan fingerprint density at radius 1 is 1.02 bits per heavy atom. The predicted octanol–water partition coefficient (Wildman–Crippen LogP) is 1.43.